The minimum absolute atomic E-state index is 0.565. The van der Waals surface area contributed by atoms with E-state index in [-0.39, 0.29) is 0 Å². The van der Waals surface area contributed by atoms with E-state index in [1.807, 2.05) is 6.92 Å². The van der Waals surface area contributed by atoms with E-state index < -0.39 is 0 Å². The van der Waals surface area contributed by atoms with Gasteiger partial charge in [-0.25, -0.2) is 4.98 Å². The Morgan fingerprint density at radius 3 is 2.89 bits per heavy atom. The molecule has 0 amide bonds. The van der Waals surface area contributed by atoms with Crippen molar-refractivity contribution in [2.45, 2.75) is 26.4 Å². The summed E-state index contributed by atoms with van der Waals surface area (Å²) in [5.41, 5.74) is 1.08. The Morgan fingerprint density at radius 2 is 2.17 bits per heavy atom. The molecule has 18 heavy (non-hydrogen) atoms. The fourth-order valence-corrected chi connectivity index (χ4v) is 2.51. The van der Waals surface area contributed by atoms with Crippen LogP contribution in [0.25, 0.3) is 0 Å². The molecule has 0 aliphatic carbocycles. The molecule has 0 radical (unpaired) electrons. The maximum atomic E-state index is 4.53. The predicted molar refractivity (Wildman–Crippen MR) is 75.0 cm³/mol. The van der Waals surface area contributed by atoms with Crippen molar-refractivity contribution in [1.82, 2.24) is 19.4 Å². The summed E-state index contributed by atoms with van der Waals surface area (Å²) < 4.78 is 2.25. The molecule has 1 aliphatic rings. The molecular formula is C13H25N5. The van der Waals surface area contributed by atoms with Gasteiger partial charge in [0.25, 0.3) is 0 Å². The Labute approximate surface area is 110 Å². The normalized spacial score (nSPS) is 22.3. The SMILES string of the molecule is CCNc1nc(C)cn1CC1CN(C)CCN1C. The van der Waals surface area contributed by atoms with Crippen LogP contribution in [-0.4, -0.2) is 65.7 Å². The second-order valence-corrected chi connectivity index (χ2v) is 5.29. The van der Waals surface area contributed by atoms with E-state index in [1.54, 1.807) is 0 Å². The molecule has 1 aromatic heterocycles. The number of rotatable bonds is 4. The topological polar surface area (TPSA) is 36.3 Å². The van der Waals surface area contributed by atoms with Gasteiger partial charge in [-0.2, -0.15) is 0 Å². The predicted octanol–water partition coefficient (Wildman–Crippen LogP) is 0.869. The van der Waals surface area contributed by atoms with Crippen molar-refractivity contribution >= 4 is 5.95 Å². The zero-order valence-corrected chi connectivity index (χ0v) is 12.0. The summed E-state index contributed by atoms with van der Waals surface area (Å²) >= 11 is 0. The van der Waals surface area contributed by atoms with Crippen molar-refractivity contribution in [3.63, 3.8) is 0 Å². The summed E-state index contributed by atoms with van der Waals surface area (Å²) in [7, 11) is 4.42. The van der Waals surface area contributed by atoms with E-state index in [1.165, 1.54) is 0 Å². The summed E-state index contributed by atoms with van der Waals surface area (Å²) in [6.45, 7) is 9.50. The molecule has 1 saturated heterocycles. The third kappa shape index (κ3) is 3.03. The second kappa shape index (κ2) is 5.71. The van der Waals surface area contributed by atoms with Crippen LogP contribution >= 0.6 is 0 Å². The van der Waals surface area contributed by atoms with Crippen molar-refractivity contribution in [2.75, 3.05) is 45.6 Å². The van der Waals surface area contributed by atoms with Gasteiger partial charge in [-0.3, -0.25) is 4.90 Å². The van der Waals surface area contributed by atoms with E-state index in [0.29, 0.717) is 6.04 Å². The molecule has 1 aromatic rings. The molecule has 2 rings (SSSR count). The van der Waals surface area contributed by atoms with Gasteiger partial charge in [0.15, 0.2) is 0 Å². The van der Waals surface area contributed by atoms with Gasteiger partial charge >= 0.3 is 0 Å². The fraction of sp³-hybridized carbons (Fsp3) is 0.769. The molecule has 1 aliphatic heterocycles. The van der Waals surface area contributed by atoms with Gasteiger partial charge in [0.1, 0.15) is 0 Å². The van der Waals surface area contributed by atoms with Gasteiger partial charge in [0, 0.05) is 45.0 Å². The Hall–Kier alpha value is -1.07. The minimum Gasteiger partial charge on any atom is -0.356 e. The van der Waals surface area contributed by atoms with Crippen molar-refractivity contribution in [2.24, 2.45) is 0 Å². The fourth-order valence-electron chi connectivity index (χ4n) is 2.51. The number of nitrogens with zero attached hydrogens (tertiary/aromatic N) is 4. The monoisotopic (exact) mass is 251 g/mol. The third-order valence-corrected chi connectivity index (χ3v) is 3.62. The second-order valence-electron chi connectivity index (χ2n) is 5.29. The van der Waals surface area contributed by atoms with Crippen LogP contribution in [0, 0.1) is 6.92 Å². The molecule has 5 heteroatoms. The first-order chi connectivity index (χ1) is 8.60. The first kappa shape index (κ1) is 13.4. The smallest absolute Gasteiger partial charge is 0.203 e. The van der Waals surface area contributed by atoms with E-state index >= 15 is 0 Å². The van der Waals surface area contributed by atoms with Crippen LogP contribution in [0.5, 0.6) is 0 Å². The quantitative estimate of drug-likeness (QED) is 0.861. The number of aromatic nitrogens is 2. The Bertz CT molecular complexity index is 387. The molecule has 0 saturated carbocycles. The Kier molecular flexibility index (Phi) is 4.24. The number of aryl methyl sites for hydroxylation is 1. The lowest BCUT2D eigenvalue weighted by molar-refractivity contribution is 0.103. The average Bonchev–Trinajstić information content (AvgIpc) is 2.65. The summed E-state index contributed by atoms with van der Waals surface area (Å²) in [5, 5.41) is 3.33. The van der Waals surface area contributed by atoms with E-state index in [9.17, 15) is 0 Å². The molecule has 102 valence electrons. The van der Waals surface area contributed by atoms with Crippen molar-refractivity contribution < 1.29 is 0 Å². The van der Waals surface area contributed by atoms with Crippen LogP contribution < -0.4 is 5.32 Å². The standard InChI is InChI=1S/C13H25N5/c1-5-14-13-15-11(2)8-18(13)10-12-9-16(3)6-7-17(12)4/h8,12H,5-7,9-10H2,1-4H3,(H,14,15). The van der Waals surface area contributed by atoms with Gasteiger partial charge in [-0.15, -0.1) is 0 Å². The molecule has 1 fully saturated rings. The molecule has 1 N–H and O–H groups in total. The van der Waals surface area contributed by atoms with Gasteiger partial charge in [-0.05, 0) is 27.9 Å². The maximum absolute atomic E-state index is 4.53. The average molecular weight is 251 g/mol. The first-order valence-electron chi connectivity index (χ1n) is 6.76. The van der Waals surface area contributed by atoms with E-state index in [4.69, 9.17) is 0 Å². The van der Waals surface area contributed by atoms with Crippen molar-refractivity contribution in [1.29, 1.82) is 0 Å². The number of hydrogen-bond acceptors (Lipinski definition) is 4. The van der Waals surface area contributed by atoms with Crippen LogP contribution in [0.4, 0.5) is 5.95 Å². The lowest BCUT2D eigenvalue weighted by atomic mass is 10.2. The maximum Gasteiger partial charge on any atom is 0.203 e. The number of nitrogens with one attached hydrogen (secondary N) is 1. The van der Waals surface area contributed by atoms with Gasteiger partial charge < -0.3 is 14.8 Å². The summed E-state index contributed by atoms with van der Waals surface area (Å²) in [6, 6.07) is 0.565. The molecule has 1 unspecified atom stereocenters. The molecular weight excluding hydrogens is 226 g/mol. The van der Waals surface area contributed by atoms with Crippen molar-refractivity contribution in [3.8, 4) is 0 Å². The highest BCUT2D eigenvalue weighted by Crippen LogP contribution is 2.13. The highest BCUT2D eigenvalue weighted by atomic mass is 15.3. The molecule has 0 bridgehead atoms. The highest BCUT2D eigenvalue weighted by molar-refractivity contribution is 5.28. The zero-order chi connectivity index (χ0) is 13.1. The lowest BCUT2D eigenvalue weighted by Gasteiger charge is -2.38. The number of imidazole rings is 1. The van der Waals surface area contributed by atoms with Crippen LogP contribution in [0.2, 0.25) is 0 Å². The Balaban J connectivity index is 2.07. The molecule has 2 heterocycles. The largest absolute Gasteiger partial charge is 0.356 e. The summed E-state index contributed by atoms with van der Waals surface area (Å²) in [6.07, 6.45) is 2.14. The van der Waals surface area contributed by atoms with Crippen LogP contribution in [-0.2, 0) is 6.54 Å². The third-order valence-electron chi connectivity index (χ3n) is 3.62. The van der Waals surface area contributed by atoms with Crippen LogP contribution in [0.15, 0.2) is 6.20 Å². The molecule has 1 atom stereocenters. The van der Waals surface area contributed by atoms with Crippen LogP contribution in [0.1, 0.15) is 12.6 Å². The summed E-state index contributed by atoms with van der Waals surface area (Å²) in [4.78, 5) is 9.38. The number of piperazine rings is 1. The highest BCUT2D eigenvalue weighted by Gasteiger charge is 2.23. The van der Waals surface area contributed by atoms with E-state index in [2.05, 4.69) is 51.9 Å². The van der Waals surface area contributed by atoms with Gasteiger partial charge in [0.2, 0.25) is 5.95 Å². The molecule has 5 nitrogen and oxygen atoms in total. The summed E-state index contributed by atoms with van der Waals surface area (Å²) in [5.74, 6) is 0.997. The van der Waals surface area contributed by atoms with Crippen LogP contribution in [0.3, 0.4) is 0 Å². The zero-order valence-electron chi connectivity index (χ0n) is 12.0. The number of hydrogen-bond donors (Lipinski definition) is 1. The number of anilines is 1. The van der Waals surface area contributed by atoms with Gasteiger partial charge in [-0.1, -0.05) is 0 Å². The lowest BCUT2D eigenvalue weighted by Crippen LogP contribution is -2.51. The molecule has 0 aromatic carbocycles. The van der Waals surface area contributed by atoms with Gasteiger partial charge in [0.05, 0.1) is 5.69 Å². The minimum atomic E-state index is 0.565. The first-order valence-corrected chi connectivity index (χ1v) is 6.76. The number of likely N-dealkylation sites (N-methyl/N-ethyl adjacent to an activating group) is 2. The van der Waals surface area contributed by atoms with E-state index in [0.717, 1.165) is 44.4 Å². The molecule has 0 spiro atoms. The van der Waals surface area contributed by atoms with Crippen molar-refractivity contribution in [3.05, 3.63) is 11.9 Å². The Morgan fingerprint density at radius 1 is 1.39 bits per heavy atom.